The molecule has 1 aromatic rings. The molecule has 17 heavy (non-hydrogen) atoms. The molecule has 1 aromatic carbocycles. The summed E-state index contributed by atoms with van der Waals surface area (Å²) < 4.78 is 1.01. The molecule has 96 valence electrons. The number of rotatable bonds is 4. The maximum Gasteiger partial charge on any atom is 0.0765 e. The molecule has 0 aliphatic rings. The van der Waals surface area contributed by atoms with Crippen LogP contribution in [0.2, 0.25) is 0 Å². The molecule has 0 aliphatic heterocycles. The Bertz CT molecular complexity index is 385. The van der Waals surface area contributed by atoms with Crippen LogP contribution in [-0.4, -0.2) is 24.3 Å². The van der Waals surface area contributed by atoms with Gasteiger partial charge in [0.25, 0.3) is 0 Å². The summed E-state index contributed by atoms with van der Waals surface area (Å²) in [6, 6.07) is 6.09. The molecule has 0 aromatic heterocycles. The van der Waals surface area contributed by atoms with Gasteiger partial charge >= 0.3 is 0 Å². The van der Waals surface area contributed by atoms with Crippen molar-refractivity contribution in [2.75, 3.05) is 18.5 Å². The quantitative estimate of drug-likeness (QED) is 0.899. The number of halogens is 1. The van der Waals surface area contributed by atoms with E-state index < -0.39 is 5.60 Å². The number of hydrogen-bond acceptors (Lipinski definition) is 3. The van der Waals surface area contributed by atoms with Crippen molar-refractivity contribution in [2.24, 2.45) is 5.73 Å². The van der Waals surface area contributed by atoms with Crippen molar-refractivity contribution in [3.63, 3.8) is 0 Å². The molecule has 1 unspecified atom stereocenters. The largest absolute Gasteiger partial charge is 0.389 e. The average Bonchev–Trinajstić information content (AvgIpc) is 2.14. The van der Waals surface area contributed by atoms with Gasteiger partial charge in [0, 0.05) is 29.8 Å². The van der Waals surface area contributed by atoms with Gasteiger partial charge in [0.2, 0.25) is 0 Å². The van der Waals surface area contributed by atoms with E-state index in [0.29, 0.717) is 6.54 Å². The molecular weight excluding hydrogens is 280 g/mol. The lowest BCUT2D eigenvalue weighted by Gasteiger charge is -2.27. The summed E-state index contributed by atoms with van der Waals surface area (Å²) in [4.78, 5) is 2.02. The van der Waals surface area contributed by atoms with Crippen molar-refractivity contribution in [3.05, 3.63) is 28.2 Å². The first-order valence-corrected chi connectivity index (χ1v) is 6.48. The molecule has 0 aliphatic carbocycles. The van der Waals surface area contributed by atoms with Crippen molar-refractivity contribution in [1.29, 1.82) is 0 Å². The van der Waals surface area contributed by atoms with Crippen molar-refractivity contribution in [2.45, 2.75) is 32.4 Å². The van der Waals surface area contributed by atoms with Crippen LogP contribution in [0.5, 0.6) is 0 Å². The zero-order valence-electron chi connectivity index (χ0n) is 10.9. The Balaban J connectivity index is 2.90. The lowest BCUT2D eigenvalue weighted by molar-refractivity contribution is 0.0886. The molecule has 0 heterocycles. The number of likely N-dealkylation sites (N-methyl/N-ethyl adjacent to an activating group) is 1. The van der Waals surface area contributed by atoms with Crippen LogP contribution < -0.4 is 10.6 Å². The fourth-order valence-electron chi connectivity index (χ4n) is 1.79. The van der Waals surface area contributed by atoms with Gasteiger partial charge in [-0.25, -0.2) is 0 Å². The highest BCUT2D eigenvalue weighted by Gasteiger charge is 2.16. The molecule has 3 N–H and O–H groups in total. The first-order chi connectivity index (χ1) is 7.70. The van der Waals surface area contributed by atoms with Crippen LogP contribution in [0.3, 0.4) is 0 Å². The lowest BCUT2D eigenvalue weighted by atomic mass is 10.1. The van der Waals surface area contributed by atoms with E-state index in [1.165, 1.54) is 0 Å². The third kappa shape index (κ3) is 4.30. The van der Waals surface area contributed by atoms with E-state index in [-0.39, 0.29) is 6.04 Å². The molecule has 1 rings (SSSR count). The van der Waals surface area contributed by atoms with Crippen LogP contribution in [0.25, 0.3) is 0 Å². The van der Waals surface area contributed by atoms with Crippen molar-refractivity contribution >= 4 is 21.6 Å². The van der Waals surface area contributed by atoms with Gasteiger partial charge < -0.3 is 15.7 Å². The van der Waals surface area contributed by atoms with Crippen molar-refractivity contribution in [3.8, 4) is 0 Å². The Kier molecular flexibility index (Phi) is 4.58. The first kappa shape index (κ1) is 14.5. The van der Waals surface area contributed by atoms with E-state index in [1.54, 1.807) is 13.8 Å². The normalized spacial score (nSPS) is 13.6. The second-order valence-corrected chi connectivity index (χ2v) is 6.02. The lowest BCUT2D eigenvalue weighted by Crippen LogP contribution is -2.36. The van der Waals surface area contributed by atoms with E-state index in [4.69, 9.17) is 5.73 Å². The second kappa shape index (κ2) is 5.38. The SMILES string of the molecule is CC(N)c1ccc(N(C)CC(C)(C)O)cc1Br. The monoisotopic (exact) mass is 300 g/mol. The summed E-state index contributed by atoms with van der Waals surface area (Å²) in [6.07, 6.45) is 0. The van der Waals surface area contributed by atoms with Gasteiger partial charge in [-0.05, 0) is 38.5 Å². The molecule has 0 spiro atoms. The van der Waals surface area contributed by atoms with Crippen LogP contribution in [0.15, 0.2) is 22.7 Å². The molecule has 0 fully saturated rings. The topological polar surface area (TPSA) is 49.5 Å². The molecular formula is C13H21BrN2O. The van der Waals surface area contributed by atoms with E-state index in [1.807, 2.05) is 37.1 Å². The second-order valence-electron chi connectivity index (χ2n) is 5.16. The first-order valence-electron chi connectivity index (χ1n) is 5.69. The van der Waals surface area contributed by atoms with Crippen LogP contribution in [-0.2, 0) is 0 Å². The minimum absolute atomic E-state index is 0.0120. The third-order valence-corrected chi connectivity index (χ3v) is 3.23. The van der Waals surface area contributed by atoms with Gasteiger partial charge in [-0.2, -0.15) is 0 Å². The highest BCUT2D eigenvalue weighted by molar-refractivity contribution is 9.10. The van der Waals surface area contributed by atoms with Gasteiger partial charge in [0.1, 0.15) is 0 Å². The Labute approximate surface area is 112 Å². The van der Waals surface area contributed by atoms with Gasteiger partial charge in [-0.15, -0.1) is 0 Å². The van der Waals surface area contributed by atoms with Crippen LogP contribution in [0.4, 0.5) is 5.69 Å². The molecule has 0 radical (unpaired) electrons. The minimum atomic E-state index is -0.707. The summed E-state index contributed by atoms with van der Waals surface area (Å²) in [5, 5.41) is 9.79. The zero-order chi connectivity index (χ0) is 13.2. The van der Waals surface area contributed by atoms with Crippen LogP contribution >= 0.6 is 15.9 Å². The van der Waals surface area contributed by atoms with Crippen molar-refractivity contribution < 1.29 is 5.11 Å². The summed E-state index contributed by atoms with van der Waals surface area (Å²) in [5.41, 5.74) is 7.30. The predicted octanol–water partition coefficient (Wildman–Crippen LogP) is 2.68. The number of nitrogens with zero attached hydrogens (tertiary/aromatic N) is 1. The maximum atomic E-state index is 9.79. The van der Waals surface area contributed by atoms with E-state index >= 15 is 0 Å². The molecule has 0 amide bonds. The Morgan fingerprint density at radius 2 is 2.06 bits per heavy atom. The minimum Gasteiger partial charge on any atom is -0.389 e. The highest BCUT2D eigenvalue weighted by atomic mass is 79.9. The van der Waals surface area contributed by atoms with E-state index in [9.17, 15) is 5.11 Å². The number of hydrogen-bond donors (Lipinski definition) is 2. The maximum absolute atomic E-state index is 9.79. The molecule has 0 saturated heterocycles. The molecule has 0 bridgehead atoms. The highest BCUT2D eigenvalue weighted by Crippen LogP contribution is 2.27. The summed E-state index contributed by atoms with van der Waals surface area (Å²) in [5.74, 6) is 0. The number of benzene rings is 1. The number of nitrogens with two attached hydrogens (primary N) is 1. The third-order valence-electron chi connectivity index (χ3n) is 2.54. The fourth-order valence-corrected chi connectivity index (χ4v) is 2.52. The van der Waals surface area contributed by atoms with Crippen LogP contribution in [0, 0.1) is 0 Å². The van der Waals surface area contributed by atoms with Crippen molar-refractivity contribution in [1.82, 2.24) is 0 Å². The van der Waals surface area contributed by atoms with Gasteiger partial charge in [0.05, 0.1) is 5.60 Å². The molecule has 0 saturated carbocycles. The van der Waals surface area contributed by atoms with Gasteiger partial charge in [0.15, 0.2) is 0 Å². The Morgan fingerprint density at radius 3 is 2.47 bits per heavy atom. The Morgan fingerprint density at radius 1 is 1.47 bits per heavy atom. The number of aliphatic hydroxyl groups is 1. The van der Waals surface area contributed by atoms with Gasteiger partial charge in [-0.1, -0.05) is 22.0 Å². The molecule has 1 atom stereocenters. The molecule has 4 heteroatoms. The zero-order valence-corrected chi connectivity index (χ0v) is 12.5. The fraction of sp³-hybridized carbons (Fsp3) is 0.538. The smallest absolute Gasteiger partial charge is 0.0765 e. The summed E-state index contributed by atoms with van der Waals surface area (Å²) in [7, 11) is 1.96. The molecule has 3 nitrogen and oxygen atoms in total. The van der Waals surface area contributed by atoms with E-state index in [2.05, 4.69) is 15.9 Å². The summed E-state index contributed by atoms with van der Waals surface area (Å²) >= 11 is 3.53. The Hall–Kier alpha value is -0.580. The number of anilines is 1. The standard InChI is InChI=1S/C13H21BrN2O/c1-9(15)11-6-5-10(7-12(11)14)16(4)8-13(2,3)17/h5-7,9,17H,8,15H2,1-4H3. The summed E-state index contributed by atoms with van der Waals surface area (Å²) in [6.45, 7) is 6.14. The van der Waals surface area contributed by atoms with E-state index in [0.717, 1.165) is 15.7 Å². The predicted molar refractivity (Wildman–Crippen MR) is 76.3 cm³/mol. The van der Waals surface area contributed by atoms with Gasteiger partial charge in [-0.3, -0.25) is 0 Å². The van der Waals surface area contributed by atoms with Crippen LogP contribution in [0.1, 0.15) is 32.4 Å². The average molecular weight is 301 g/mol.